The summed E-state index contributed by atoms with van der Waals surface area (Å²) in [5.41, 5.74) is 4.67. The lowest BCUT2D eigenvalue weighted by Gasteiger charge is -2.33. The lowest BCUT2D eigenvalue weighted by Crippen LogP contribution is -2.41. The summed E-state index contributed by atoms with van der Waals surface area (Å²) >= 11 is 0. The quantitative estimate of drug-likeness (QED) is 0.0576. The number of amides is 1. The van der Waals surface area contributed by atoms with Crippen LogP contribution in [0.1, 0.15) is 98.1 Å². The molecule has 0 saturated carbocycles. The minimum absolute atomic E-state index is 0.158. The number of hydrogen-bond donors (Lipinski definition) is 1. The van der Waals surface area contributed by atoms with Crippen molar-refractivity contribution in [2.75, 3.05) is 67.0 Å². The van der Waals surface area contributed by atoms with Crippen molar-refractivity contribution in [2.24, 2.45) is 0 Å². The van der Waals surface area contributed by atoms with Crippen molar-refractivity contribution in [3.8, 4) is 39.1 Å². The molecule has 0 spiro atoms. The van der Waals surface area contributed by atoms with E-state index in [1.165, 1.54) is 12.1 Å². The van der Waals surface area contributed by atoms with Gasteiger partial charge in [-0.1, -0.05) is 42.5 Å². The van der Waals surface area contributed by atoms with Crippen LogP contribution in [0.4, 0.5) is 13.6 Å². The van der Waals surface area contributed by atoms with E-state index >= 15 is 8.78 Å². The third kappa shape index (κ3) is 12.4. The number of carbonyl (C=O) groups is 1. The molecule has 0 atom stereocenters. The zero-order chi connectivity index (χ0) is 46.8. The first kappa shape index (κ1) is 50.1. The molecule has 0 aromatic heterocycles. The first-order valence-electron chi connectivity index (χ1n) is 23.0. The van der Waals surface area contributed by atoms with Crippen LogP contribution in [-0.2, 0) is 38.4 Å². The van der Waals surface area contributed by atoms with Crippen LogP contribution >= 0.6 is 0 Å². The van der Waals surface area contributed by atoms with Crippen molar-refractivity contribution in [1.82, 2.24) is 5.32 Å². The standard InChI is InChI=1S/C52H68BF2NO9/c1-49(2,3)63-48(57)56-24-10-11-27-62-39-18-14-36(15-19-39)42-34-47(55)43(35-46(42)54)37-16-20-40-41-21-17-38(53-64-50(4,5)51(6,7)65-53)33-45(41)52(44(40)32-37,22-12-25-60-30-28-58-8)23-13-26-61-31-29-59-9/h14-21,32-35H,10-13,22-31H2,1-9H3,(H,56,57). The fourth-order valence-corrected chi connectivity index (χ4v) is 8.55. The summed E-state index contributed by atoms with van der Waals surface area (Å²) < 4.78 is 79.3. The maximum Gasteiger partial charge on any atom is 0.494 e. The predicted octanol–water partition coefficient (Wildman–Crippen LogP) is 10.4. The maximum atomic E-state index is 16.4. The Hall–Kier alpha value is -4.37. The molecular weight excluding hydrogens is 831 g/mol. The fourth-order valence-electron chi connectivity index (χ4n) is 8.55. The van der Waals surface area contributed by atoms with Gasteiger partial charge in [0.15, 0.2) is 0 Å². The summed E-state index contributed by atoms with van der Waals surface area (Å²) in [4.78, 5) is 11.9. The number of rotatable bonds is 23. The zero-order valence-electron chi connectivity index (χ0n) is 39.8. The van der Waals surface area contributed by atoms with E-state index in [2.05, 4.69) is 57.3 Å². The highest BCUT2D eigenvalue weighted by Gasteiger charge is 2.52. The normalized spacial score (nSPS) is 15.8. The topological polar surface area (TPSA) is 103 Å². The molecule has 1 amide bonds. The monoisotopic (exact) mass is 899 g/mol. The summed E-state index contributed by atoms with van der Waals surface area (Å²) in [5.74, 6) is -0.444. The third-order valence-electron chi connectivity index (χ3n) is 12.6. The van der Waals surface area contributed by atoms with Crippen LogP contribution in [-0.4, -0.2) is 97.0 Å². The highest BCUT2D eigenvalue weighted by atomic mass is 19.1. The SMILES string of the molecule is COCCOCCCC1(CCCOCCOC)c2cc(B3OC(C)(C)C(C)(C)O3)ccc2-c2ccc(-c3cc(F)c(-c4ccc(OCCCCNC(=O)OC(C)(C)C)cc4)cc3F)cc21. The highest BCUT2D eigenvalue weighted by Crippen LogP contribution is 2.55. The number of alkyl carbamates (subject to hydrolysis) is 1. The molecule has 4 aromatic rings. The zero-order valence-corrected chi connectivity index (χ0v) is 39.8. The second-order valence-electron chi connectivity index (χ2n) is 19.0. The van der Waals surface area contributed by atoms with E-state index in [9.17, 15) is 4.79 Å². The smallest absolute Gasteiger partial charge is 0.494 e. The Balaban J connectivity index is 1.26. The van der Waals surface area contributed by atoms with Crippen LogP contribution in [0.3, 0.4) is 0 Å². The molecule has 0 bridgehead atoms. The van der Waals surface area contributed by atoms with Gasteiger partial charge in [-0.25, -0.2) is 13.6 Å². The largest absolute Gasteiger partial charge is 0.494 e. The summed E-state index contributed by atoms with van der Waals surface area (Å²) in [6.07, 6.45) is 3.98. The fraction of sp³-hybridized carbons (Fsp3) is 0.519. The van der Waals surface area contributed by atoms with Gasteiger partial charge in [0, 0.05) is 50.5 Å². The molecule has 1 aliphatic carbocycles. The van der Waals surface area contributed by atoms with Crippen LogP contribution in [0.5, 0.6) is 5.75 Å². The number of hydrogen-bond acceptors (Lipinski definition) is 9. The molecule has 1 aliphatic heterocycles. The van der Waals surface area contributed by atoms with Crippen LogP contribution in [0.25, 0.3) is 33.4 Å². The molecule has 4 aromatic carbocycles. The van der Waals surface area contributed by atoms with E-state index in [1.54, 1.807) is 38.5 Å². The highest BCUT2D eigenvalue weighted by molar-refractivity contribution is 6.62. The average molecular weight is 900 g/mol. The van der Waals surface area contributed by atoms with E-state index in [0.29, 0.717) is 82.5 Å². The molecule has 0 radical (unpaired) electrons. The van der Waals surface area contributed by atoms with E-state index in [0.717, 1.165) is 53.4 Å². The van der Waals surface area contributed by atoms with Crippen molar-refractivity contribution in [2.45, 2.75) is 109 Å². The number of nitrogens with one attached hydrogen (secondary N) is 1. The van der Waals surface area contributed by atoms with Crippen molar-refractivity contribution >= 4 is 18.7 Å². The van der Waals surface area contributed by atoms with Gasteiger partial charge in [0.2, 0.25) is 0 Å². The lowest BCUT2D eigenvalue weighted by molar-refractivity contribution is 0.00578. The second-order valence-corrected chi connectivity index (χ2v) is 19.0. The van der Waals surface area contributed by atoms with Gasteiger partial charge in [-0.15, -0.1) is 0 Å². The average Bonchev–Trinajstić information content (AvgIpc) is 3.65. The Kier molecular flexibility index (Phi) is 16.9. The van der Waals surface area contributed by atoms with Gasteiger partial charge in [-0.2, -0.15) is 0 Å². The number of ether oxygens (including phenoxy) is 6. The lowest BCUT2D eigenvalue weighted by atomic mass is 9.69. The summed E-state index contributed by atoms with van der Waals surface area (Å²) in [5, 5.41) is 2.74. The summed E-state index contributed by atoms with van der Waals surface area (Å²) in [6, 6.07) is 22.0. The number of halogens is 2. The Morgan fingerprint density at radius 1 is 0.631 bits per heavy atom. The molecule has 1 fully saturated rings. The van der Waals surface area contributed by atoms with Crippen LogP contribution in [0.15, 0.2) is 72.8 Å². The summed E-state index contributed by atoms with van der Waals surface area (Å²) in [6.45, 7) is 17.7. The molecule has 1 heterocycles. The molecular formula is C52H68BF2NO9. The van der Waals surface area contributed by atoms with Gasteiger partial charge < -0.3 is 43.0 Å². The Bertz CT molecular complexity index is 2180. The Morgan fingerprint density at radius 2 is 1.17 bits per heavy atom. The molecule has 1 saturated heterocycles. The van der Waals surface area contributed by atoms with Gasteiger partial charge in [0.1, 0.15) is 23.0 Å². The summed E-state index contributed by atoms with van der Waals surface area (Å²) in [7, 11) is 2.76. The van der Waals surface area contributed by atoms with E-state index in [-0.39, 0.29) is 11.1 Å². The number of carbonyl (C=O) groups excluding carboxylic acids is 1. The maximum absolute atomic E-state index is 16.4. The molecule has 352 valence electrons. The van der Waals surface area contributed by atoms with Gasteiger partial charge in [-0.3, -0.25) is 0 Å². The molecule has 6 rings (SSSR count). The van der Waals surface area contributed by atoms with E-state index < -0.39 is 47.1 Å². The van der Waals surface area contributed by atoms with E-state index in [4.69, 9.17) is 37.7 Å². The molecule has 65 heavy (non-hydrogen) atoms. The number of fused-ring (bicyclic) bond motifs is 3. The van der Waals surface area contributed by atoms with Crippen LogP contribution in [0, 0.1) is 11.6 Å². The van der Waals surface area contributed by atoms with E-state index in [1.807, 2.05) is 32.9 Å². The Morgan fingerprint density at radius 3 is 1.74 bits per heavy atom. The van der Waals surface area contributed by atoms with Crippen molar-refractivity contribution in [3.63, 3.8) is 0 Å². The predicted molar refractivity (Wildman–Crippen MR) is 252 cm³/mol. The number of unbranched alkanes of at least 4 members (excludes halogenated alkanes) is 1. The first-order chi connectivity index (χ1) is 31.0. The van der Waals surface area contributed by atoms with Crippen molar-refractivity contribution < 1.29 is 51.3 Å². The van der Waals surface area contributed by atoms with Gasteiger partial charge in [0.05, 0.1) is 44.2 Å². The van der Waals surface area contributed by atoms with Crippen molar-refractivity contribution in [3.05, 3.63) is 95.6 Å². The minimum Gasteiger partial charge on any atom is -0.494 e. The van der Waals surface area contributed by atoms with Gasteiger partial charge in [0.25, 0.3) is 0 Å². The number of methoxy groups -OCH3 is 2. The van der Waals surface area contributed by atoms with Gasteiger partial charge in [-0.05, 0) is 156 Å². The number of benzene rings is 4. The van der Waals surface area contributed by atoms with Crippen LogP contribution in [0.2, 0.25) is 0 Å². The second kappa shape index (κ2) is 22.0. The molecule has 1 N–H and O–H groups in total. The van der Waals surface area contributed by atoms with Gasteiger partial charge >= 0.3 is 13.2 Å². The molecule has 13 heteroatoms. The molecule has 2 aliphatic rings. The Labute approximate surface area is 385 Å². The third-order valence-corrected chi connectivity index (χ3v) is 12.6. The molecule has 10 nitrogen and oxygen atoms in total. The van der Waals surface area contributed by atoms with Crippen LogP contribution < -0.4 is 15.5 Å². The minimum atomic E-state index is -0.553. The molecule has 0 unspecified atom stereocenters. The van der Waals surface area contributed by atoms with Crippen molar-refractivity contribution in [1.29, 1.82) is 0 Å². The first-order valence-corrected chi connectivity index (χ1v) is 23.0.